The molecule has 1 aliphatic heterocycles. The number of nitrogens with one attached hydrogen (secondary N) is 1. The quantitative estimate of drug-likeness (QED) is 0.839. The number of carbonyl (C=O) groups is 1. The lowest BCUT2D eigenvalue weighted by molar-refractivity contribution is -0.136. The second-order valence-electron chi connectivity index (χ2n) is 5.60. The smallest absolute Gasteiger partial charge is 0.248 e. The van der Waals surface area contributed by atoms with Crippen molar-refractivity contribution < 1.29 is 9.53 Å². The number of ether oxygens (including phenoxy) is 1. The molecule has 1 aromatic rings. The van der Waals surface area contributed by atoms with Crippen molar-refractivity contribution in [3.63, 3.8) is 0 Å². The summed E-state index contributed by atoms with van der Waals surface area (Å²) in [7, 11) is 3.52. The van der Waals surface area contributed by atoms with E-state index >= 15 is 0 Å². The summed E-state index contributed by atoms with van der Waals surface area (Å²) < 4.78 is 6.78. The Bertz CT molecular complexity index is 464. The average Bonchev–Trinajstić information content (AvgIpc) is 2.86. The van der Waals surface area contributed by atoms with Crippen LogP contribution in [0.25, 0.3) is 0 Å². The van der Waals surface area contributed by atoms with E-state index in [-0.39, 0.29) is 12.5 Å². The highest BCUT2D eigenvalue weighted by molar-refractivity contribution is 5.77. The van der Waals surface area contributed by atoms with Gasteiger partial charge in [0.2, 0.25) is 5.91 Å². The summed E-state index contributed by atoms with van der Waals surface area (Å²) in [4.78, 5) is 13.6. The maximum absolute atomic E-state index is 11.7. The Labute approximate surface area is 126 Å². The molecule has 0 aromatic carbocycles. The number of rotatable bonds is 6. The van der Waals surface area contributed by atoms with Crippen LogP contribution in [0.15, 0.2) is 6.20 Å². The molecule has 0 saturated carbocycles. The molecule has 0 aliphatic carbocycles. The molecule has 2 heterocycles. The molecule has 1 N–H and O–H groups in total. The average molecular weight is 294 g/mol. The number of amides is 1. The van der Waals surface area contributed by atoms with Gasteiger partial charge in [0, 0.05) is 51.6 Å². The molecule has 0 atom stereocenters. The van der Waals surface area contributed by atoms with Crippen molar-refractivity contribution in [2.45, 2.75) is 38.8 Å². The highest BCUT2D eigenvalue weighted by atomic mass is 16.5. The van der Waals surface area contributed by atoms with E-state index in [0.717, 1.165) is 44.6 Å². The normalized spacial score (nSPS) is 16.4. The number of hydrogen-bond acceptors (Lipinski definition) is 4. The van der Waals surface area contributed by atoms with Crippen LogP contribution in [0.5, 0.6) is 0 Å². The van der Waals surface area contributed by atoms with E-state index in [1.165, 1.54) is 5.56 Å². The minimum absolute atomic E-state index is 0.0940. The fourth-order valence-electron chi connectivity index (χ4n) is 2.83. The van der Waals surface area contributed by atoms with E-state index in [0.29, 0.717) is 6.04 Å². The summed E-state index contributed by atoms with van der Waals surface area (Å²) in [5.74, 6) is 0.0940. The van der Waals surface area contributed by atoms with Gasteiger partial charge in [-0.1, -0.05) is 6.92 Å². The molecule has 2 rings (SSSR count). The van der Waals surface area contributed by atoms with E-state index in [4.69, 9.17) is 4.74 Å². The van der Waals surface area contributed by atoms with Crippen LogP contribution in [0, 0.1) is 0 Å². The third kappa shape index (κ3) is 4.28. The molecule has 0 spiro atoms. The molecule has 21 heavy (non-hydrogen) atoms. The third-order valence-electron chi connectivity index (χ3n) is 4.02. The second-order valence-corrected chi connectivity index (χ2v) is 5.60. The zero-order chi connectivity index (χ0) is 15.2. The first-order chi connectivity index (χ1) is 10.1. The molecular weight excluding hydrogens is 268 g/mol. The summed E-state index contributed by atoms with van der Waals surface area (Å²) in [6.07, 6.45) is 5.04. The van der Waals surface area contributed by atoms with Gasteiger partial charge < -0.3 is 15.0 Å². The van der Waals surface area contributed by atoms with Gasteiger partial charge >= 0.3 is 0 Å². The van der Waals surface area contributed by atoms with Crippen molar-refractivity contribution in [1.82, 2.24) is 20.0 Å². The lowest BCUT2D eigenvalue weighted by Crippen LogP contribution is -2.45. The van der Waals surface area contributed by atoms with Crippen molar-refractivity contribution in [3.05, 3.63) is 17.5 Å². The Morgan fingerprint density at radius 2 is 2.19 bits per heavy atom. The highest BCUT2D eigenvalue weighted by Gasteiger charge is 2.22. The molecular formula is C15H26N4O2. The van der Waals surface area contributed by atoms with E-state index < -0.39 is 0 Å². The van der Waals surface area contributed by atoms with Crippen molar-refractivity contribution in [3.8, 4) is 0 Å². The van der Waals surface area contributed by atoms with Gasteiger partial charge in [-0.3, -0.25) is 9.48 Å². The first kappa shape index (κ1) is 16.0. The summed E-state index contributed by atoms with van der Waals surface area (Å²) in [6.45, 7) is 4.80. The third-order valence-corrected chi connectivity index (χ3v) is 4.02. The molecule has 1 aromatic heterocycles. The first-order valence-corrected chi connectivity index (χ1v) is 7.65. The lowest BCUT2D eigenvalue weighted by Gasteiger charge is -2.32. The first-order valence-electron chi connectivity index (χ1n) is 7.65. The van der Waals surface area contributed by atoms with Crippen LogP contribution in [-0.4, -0.2) is 53.4 Å². The number of hydrogen-bond donors (Lipinski definition) is 1. The fourth-order valence-corrected chi connectivity index (χ4v) is 2.83. The topological polar surface area (TPSA) is 59.4 Å². The van der Waals surface area contributed by atoms with Gasteiger partial charge in [-0.15, -0.1) is 0 Å². The molecule has 1 saturated heterocycles. The summed E-state index contributed by atoms with van der Waals surface area (Å²) >= 11 is 0. The van der Waals surface area contributed by atoms with Crippen LogP contribution in [0.3, 0.4) is 0 Å². The largest absolute Gasteiger partial charge is 0.375 e. The maximum atomic E-state index is 11.7. The Hall–Kier alpha value is -1.40. The summed E-state index contributed by atoms with van der Waals surface area (Å²) in [5.41, 5.74) is 2.44. The Balaban J connectivity index is 1.77. The van der Waals surface area contributed by atoms with Crippen LogP contribution < -0.4 is 5.32 Å². The van der Waals surface area contributed by atoms with Gasteiger partial charge in [0.1, 0.15) is 6.61 Å². The number of carbonyl (C=O) groups excluding carboxylic acids is 1. The number of nitrogens with zero attached hydrogens (tertiary/aromatic N) is 3. The molecule has 6 nitrogen and oxygen atoms in total. The minimum atomic E-state index is 0.0940. The van der Waals surface area contributed by atoms with E-state index in [1.54, 1.807) is 7.11 Å². The minimum Gasteiger partial charge on any atom is -0.375 e. The number of piperidine rings is 1. The Kier molecular flexibility index (Phi) is 5.76. The van der Waals surface area contributed by atoms with Gasteiger partial charge in [-0.2, -0.15) is 5.10 Å². The zero-order valence-corrected chi connectivity index (χ0v) is 13.3. The Morgan fingerprint density at radius 1 is 1.48 bits per heavy atom. The van der Waals surface area contributed by atoms with Gasteiger partial charge in [-0.25, -0.2) is 0 Å². The van der Waals surface area contributed by atoms with E-state index in [1.807, 2.05) is 16.6 Å². The van der Waals surface area contributed by atoms with Crippen LogP contribution in [0.4, 0.5) is 0 Å². The van der Waals surface area contributed by atoms with Crippen molar-refractivity contribution in [1.29, 1.82) is 0 Å². The number of likely N-dealkylation sites (tertiary alicyclic amines) is 1. The monoisotopic (exact) mass is 294 g/mol. The second kappa shape index (κ2) is 7.56. The molecule has 118 valence electrons. The number of aromatic nitrogens is 2. The van der Waals surface area contributed by atoms with Crippen molar-refractivity contribution in [2.75, 3.05) is 26.8 Å². The molecule has 1 amide bonds. The zero-order valence-electron chi connectivity index (χ0n) is 13.3. The van der Waals surface area contributed by atoms with Crippen LogP contribution in [0.1, 0.15) is 31.0 Å². The van der Waals surface area contributed by atoms with Gasteiger partial charge in [0.05, 0.1) is 5.69 Å². The van der Waals surface area contributed by atoms with Gasteiger partial charge in [0.15, 0.2) is 0 Å². The molecule has 1 aliphatic rings. The van der Waals surface area contributed by atoms with E-state index in [9.17, 15) is 4.79 Å². The molecule has 0 radical (unpaired) electrons. The molecule has 6 heteroatoms. The van der Waals surface area contributed by atoms with Crippen LogP contribution in [-0.2, 0) is 29.5 Å². The van der Waals surface area contributed by atoms with Crippen LogP contribution in [0.2, 0.25) is 0 Å². The van der Waals surface area contributed by atoms with Gasteiger partial charge in [-0.05, 0) is 19.3 Å². The predicted molar refractivity (Wildman–Crippen MR) is 80.9 cm³/mol. The maximum Gasteiger partial charge on any atom is 0.248 e. The summed E-state index contributed by atoms with van der Waals surface area (Å²) in [5, 5.41) is 8.05. The Morgan fingerprint density at radius 3 is 2.81 bits per heavy atom. The molecule has 0 bridgehead atoms. The SMILES string of the molecule is CCc1nn(C)cc1CNC1CCN(C(=O)COC)CC1. The highest BCUT2D eigenvalue weighted by Crippen LogP contribution is 2.13. The molecule has 1 fully saturated rings. The predicted octanol–water partition coefficient (Wildman–Crippen LogP) is 0.710. The van der Waals surface area contributed by atoms with Gasteiger partial charge in [0.25, 0.3) is 0 Å². The van der Waals surface area contributed by atoms with Crippen molar-refractivity contribution >= 4 is 5.91 Å². The van der Waals surface area contributed by atoms with Crippen LogP contribution >= 0.6 is 0 Å². The van der Waals surface area contributed by atoms with E-state index in [2.05, 4.69) is 23.5 Å². The standard InChI is InChI=1S/C15H26N4O2/c1-4-14-12(10-18(2)17-14)9-16-13-5-7-19(8-6-13)15(20)11-21-3/h10,13,16H,4-9,11H2,1-3H3. The lowest BCUT2D eigenvalue weighted by atomic mass is 10.0. The number of aryl methyl sites for hydroxylation is 2. The number of methoxy groups -OCH3 is 1. The fraction of sp³-hybridized carbons (Fsp3) is 0.733. The van der Waals surface area contributed by atoms with Crippen molar-refractivity contribution in [2.24, 2.45) is 7.05 Å². The molecule has 0 unspecified atom stereocenters. The summed E-state index contributed by atoms with van der Waals surface area (Å²) in [6, 6.07) is 0.474.